The average molecular weight is 183 g/mol. The van der Waals surface area contributed by atoms with Gasteiger partial charge in [-0.2, -0.15) is 0 Å². The number of primary amides is 1. The lowest BCUT2D eigenvalue weighted by Gasteiger charge is -2.42. The zero-order valence-corrected chi connectivity index (χ0v) is 8.97. The summed E-state index contributed by atoms with van der Waals surface area (Å²) in [4.78, 5) is 10.9. The van der Waals surface area contributed by atoms with Crippen molar-refractivity contribution in [3.63, 3.8) is 0 Å². The van der Waals surface area contributed by atoms with E-state index in [1.807, 2.05) is 0 Å². The van der Waals surface area contributed by atoms with Crippen molar-refractivity contribution in [2.24, 2.45) is 23.0 Å². The third kappa shape index (κ3) is 2.45. The van der Waals surface area contributed by atoms with Gasteiger partial charge in [-0.1, -0.05) is 33.6 Å². The molecule has 13 heavy (non-hydrogen) atoms. The molecular weight excluding hydrogens is 162 g/mol. The van der Waals surface area contributed by atoms with Gasteiger partial charge in [0.2, 0.25) is 5.91 Å². The van der Waals surface area contributed by atoms with Crippen molar-refractivity contribution in [2.45, 2.75) is 46.5 Å². The maximum absolute atomic E-state index is 10.9. The van der Waals surface area contributed by atoms with Crippen LogP contribution in [0.3, 0.4) is 0 Å². The van der Waals surface area contributed by atoms with Crippen molar-refractivity contribution in [3.8, 4) is 0 Å². The molecule has 0 saturated heterocycles. The van der Waals surface area contributed by atoms with E-state index in [4.69, 9.17) is 5.73 Å². The van der Waals surface area contributed by atoms with Crippen LogP contribution in [-0.2, 0) is 4.79 Å². The molecule has 0 unspecified atom stereocenters. The predicted octanol–water partition coefficient (Wildman–Crippen LogP) is 2.32. The molecule has 1 amide bonds. The van der Waals surface area contributed by atoms with E-state index in [0.29, 0.717) is 23.7 Å². The normalized spacial score (nSPS) is 32.8. The zero-order chi connectivity index (χ0) is 10.1. The monoisotopic (exact) mass is 183 g/mol. The summed E-state index contributed by atoms with van der Waals surface area (Å²) in [5, 5.41) is 0. The van der Waals surface area contributed by atoms with Crippen LogP contribution >= 0.6 is 0 Å². The van der Waals surface area contributed by atoms with E-state index in [1.54, 1.807) is 0 Å². The number of amides is 1. The van der Waals surface area contributed by atoms with E-state index in [9.17, 15) is 4.79 Å². The standard InChI is InChI=1S/C11H21NO/c1-8-5-4-6-11(2,3)9(8)7-10(12)13/h8-9H,4-7H2,1-3H3,(H2,12,13)/t8-,9-/m1/s1. The Bertz CT molecular complexity index is 198. The second kappa shape index (κ2) is 3.69. The van der Waals surface area contributed by atoms with Gasteiger partial charge in [0.05, 0.1) is 0 Å². The van der Waals surface area contributed by atoms with E-state index in [-0.39, 0.29) is 5.91 Å². The van der Waals surface area contributed by atoms with Crippen LogP contribution in [0.4, 0.5) is 0 Å². The van der Waals surface area contributed by atoms with Gasteiger partial charge in [-0.3, -0.25) is 4.79 Å². The highest BCUT2D eigenvalue weighted by Crippen LogP contribution is 2.45. The molecule has 0 aliphatic heterocycles. The third-order valence-corrected chi connectivity index (χ3v) is 3.59. The lowest BCUT2D eigenvalue weighted by Crippen LogP contribution is -2.36. The number of hydrogen-bond acceptors (Lipinski definition) is 1. The first-order chi connectivity index (χ1) is 5.93. The summed E-state index contributed by atoms with van der Waals surface area (Å²) in [5.41, 5.74) is 5.57. The highest BCUT2D eigenvalue weighted by atomic mass is 16.1. The molecule has 0 bridgehead atoms. The maximum atomic E-state index is 10.9. The molecule has 0 heterocycles. The highest BCUT2D eigenvalue weighted by Gasteiger charge is 2.37. The van der Waals surface area contributed by atoms with Gasteiger partial charge in [-0.15, -0.1) is 0 Å². The van der Waals surface area contributed by atoms with Crippen LogP contribution in [-0.4, -0.2) is 5.91 Å². The summed E-state index contributed by atoms with van der Waals surface area (Å²) >= 11 is 0. The molecule has 0 aromatic carbocycles. The van der Waals surface area contributed by atoms with Crippen molar-refractivity contribution in [2.75, 3.05) is 0 Å². The summed E-state index contributed by atoms with van der Waals surface area (Å²) in [5.74, 6) is 0.988. The Hall–Kier alpha value is -0.530. The van der Waals surface area contributed by atoms with Gasteiger partial charge in [0.25, 0.3) is 0 Å². The van der Waals surface area contributed by atoms with Crippen molar-refractivity contribution in [1.29, 1.82) is 0 Å². The first-order valence-corrected chi connectivity index (χ1v) is 5.22. The van der Waals surface area contributed by atoms with Crippen molar-refractivity contribution in [3.05, 3.63) is 0 Å². The summed E-state index contributed by atoms with van der Waals surface area (Å²) in [7, 11) is 0. The molecule has 0 spiro atoms. The quantitative estimate of drug-likeness (QED) is 0.701. The SMILES string of the molecule is C[C@@H]1CCCC(C)(C)[C@@H]1CC(N)=O. The minimum absolute atomic E-state index is 0.146. The Kier molecular flexibility index (Phi) is 2.99. The van der Waals surface area contributed by atoms with Gasteiger partial charge in [-0.25, -0.2) is 0 Å². The van der Waals surface area contributed by atoms with Gasteiger partial charge in [-0.05, 0) is 23.7 Å². The molecule has 2 heteroatoms. The van der Waals surface area contributed by atoms with E-state index < -0.39 is 0 Å². The van der Waals surface area contributed by atoms with Crippen LogP contribution in [0.25, 0.3) is 0 Å². The Morgan fingerprint density at radius 2 is 2.15 bits per heavy atom. The van der Waals surface area contributed by atoms with E-state index >= 15 is 0 Å². The lowest BCUT2D eigenvalue weighted by atomic mass is 9.63. The van der Waals surface area contributed by atoms with Crippen molar-refractivity contribution < 1.29 is 4.79 Å². The fourth-order valence-electron chi connectivity index (χ4n) is 2.73. The molecule has 1 saturated carbocycles. The van der Waals surface area contributed by atoms with Crippen LogP contribution in [0, 0.1) is 17.3 Å². The fraction of sp³-hybridized carbons (Fsp3) is 0.909. The second-order valence-corrected chi connectivity index (χ2v) is 5.14. The van der Waals surface area contributed by atoms with Gasteiger partial charge in [0, 0.05) is 6.42 Å². The molecule has 2 nitrogen and oxygen atoms in total. The molecule has 1 fully saturated rings. The van der Waals surface area contributed by atoms with Crippen LogP contribution in [0.2, 0.25) is 0 Å². The van der Waals surface area contributed by atoms with Gasteiger partial charge >= 0.3 is 0 Å². The topological polar surface area (TPSA) is 43.1 Å². The Balaban J connectivity index is 2.68. The molecule has 1 aliphatic carbocycles. The van der Waals surface area contributed by atoms with Crippen LogP contribution in [0.1, 0.15) is 46.5 Å². The van der Waals surface area contributed by atoms with E-state index in [1.165, 1.54) is 19.3 Å². The summed E-state index contributed by atoms with van der Waals surface area (Å²) < 4.78 is 0. The van der Waals surface area contributed by atoms with Crippen LogP contribution < -0.4 is 5.73 Å². The van der Waals surface area contributed by atoms with Crippen molar-refractivity contribution >= 4 is 5.91 Å². The Morgan fingerprint density at radius 1 is 1.54 bits per heavy atom. The minimum atomic E-state index is -0.146. The first kappa shape index (κ1) is 10.6. The second-order valence-electron chi connectivity index (χ2n) is 5.14. The molecule has 0 aromatic heterocycles. The first-order valence-electron chi connectivity index (χ1n) is 5.22. The average Bonchev–Trinajstić information content (AvgIpc) is 1.96. The molecular formula is C11H21NO. The van der Waals surface area contributed by atoms with Gasteiger partial charge in [0.1, 0.15) is 0 Å². The number of carbonyl (C=O) groups is 1. The highest BCUT2D eigenvalue weighted by molar-refractivity contribution is 5.74. The molecule has 2 N–H and O–H groups in total. The van der Waals surface area contributed by atoms with E-state index in [2.05, 4.69) is 20.8 Å². The molecule has 0 aromatic rings. The lowest BCUT2D eigenvalue weighted by molar-refractivity contribution is -0.121. The number of nitrogens with two attached hydrogens (primary N) is 1. The fourth-order valence-corrected chi connectivity index (χ4v) is 2.73. The van der Waals surface area contributed by atoms with Crippen LogP contribution in [0.5, 0.6) is 0 Å². The number of carbonyl (C=O) groups excluding carboxylic acids is 1. The maximum Gasteiger partial charge on any atom is 0.217 e. The summed E-state index contributed by atoms with van der Waals surface area (Å²) in [6, 6.07) is 0. The Labute approximate surface area is 80.9 Å². The molecule has 0 radical (unpaired) electrons. The summed E-state index contributed by atoms with van der Waals surface area (Å²) in [6.07, 6.45) is 4.34. The molecule has 1 aliphatic rings. The van der Waals surface area contributed by atoms with Gasteiger partial charge < -0.3 is 5.73 Å². The number of rotatable bonds is 2. The summed E-state index contributed by atoms with van der Waals surface area (Å²) in [6.45, 7) is 6.76. The van der Waals surface area contributed by atoms with Gasteiger partial charge in [0.15, 0.2) is 0 Å². The van der Waals surface area contributed by atoms with Crippen LogP contribution in [0.15, 0.2) is 0 Å². The molecule has 2 atom stereocenters. The third-order valence-electron chi connectivity index (χ3n) is 3.59. The molecule has 1 rings (SSSR count). The predicted molar refractivity (Wildman–Crippen MR) is 54.1 cm³/mol. The zero-order valence-electron chi connectivity index (χ0n) is 8.97. The largest absolute Gasteiger partial charge is 0.370 e. The minimum Gasteiger partial charge on any atom is -0.370 e. The Morgan fingerprint density at radius 3 is 2.62 bits per heavy atom. The van der Waals surface area contributed by atoms with Crippen molar-refractivity contribution in [1.82, 2.24) is 0 Å². The molecule has 76 valence electrons. The number of hydrogen-bond donors (Lipinski definition) is 1. The smallest absolute Gasteiger partial charge is 0.217 e. The van der Waals surface area contributed by atoms with E-state index in [0.717, 1.165) is 0 Å².